The fourth-order valence-electron chi connectivity index (χ4n) is 3.39. The van der Waals surface area contributed by atoms with Crippen LogP contribution in [0.4, 0.5) is 0 Å². The van der Waals surface area contributed by atoms with Gasteiger partial charge in [-0.25, -0.2) is 0 Å². The van der Waals surface area contributed by atoms with Crippen molar-refractivity contribution < 1.29 is 23.6 Å². The Balaban J connectivity index is 0.00000272. The van der Waals surface area contributed by atoms with Crippen LogP contribution in [-0.2, 0) is 4.79 Å². The van der Waals surface area contributed by atoms with E-state index in [0.717, 1.165) is 30.9 Å². The molecular weight excluding hydrogens is 424 g/mol. The number of halogens is 1. The van der Waals surface area contributed by atoms with E-state index in [9.17, 15) is 9.59 Å². The SMILES string of the molecule is Cc1cc(C(=O)N2CCN(CCNC(=O)C=Cc3ccc4c(c3)OCO4)CC2)no1.Cl. The number of piperazine rings is 1. The molecule has 0 spiro atoms. The molecular formula is C21H25ClN4O5. The highest BCUT2D eigenvalue weighted by Gasteiger charge is 2.24. The highest BCUT2D eigenvalue weighted by Crippen LogP contribution is 2.32. The van der Waals surface area contributed by atoms with Crippen molar-refractivity contribution in [1.82, 2.24) is 20.3 Å². The van der Waals surface area contributed by atoms with Gasteiger partial charge in [0.1, 0.15) is 5.76 Å². The summed E-state index contributed by atoms with van der Waals surface area (Å²) in [4.78, 5) is 28.4. The fourth-order valence-corrected chi connectivity index (χ4v) is 3.39. The molecule has 31 heavy (non-hydrogen) atoms. The van der Waals surface area contributed by atoms with Gasteiger partial charge in [-0.2, -0.15) is 0 Å². The number of nitrogens with one attached hydrogen (secondary N) is 1. The number of carbonyl (C=O) groups excluding carboxylic acids is 2. The van der Waals surface area contributed by atoms with Crippen LogP contribution in [0.5, 0.6) is 11.5 Å². The first-order chi connectivity index (χ1) is 14.6. The number of ether oxygens (including phenoxy) is 2. The van der Waals surface area contributed by atoms with Crippen molar-refractivity contribution in [2.75, 3.05) is 46.1 Å². The predicted octanol–water partition coefficient (Wildman–Crippen LogP) is 1.72. The van der Waals surface area contributed by atoms with E-state index in [1.54, 1.807) is 24.0 Å². The molecule has 1 saturated heterocycles. The summed E-state index contributed by atoms with van der Waals surface area (Å²) in [6, 6.07) is 7.20. The molecule has 1 fully saturated rings. The molecule has 2 amide bonds. The molecule has 0 aliphatic carbocycles. The Kier molecular flexibility index (Phi) is 7.54. The third-order valence-electron chi connectivity index (χ3n) is 5.06. The highest BCUT2D eigenvalue weighted by atomic mass is 35.5. The van der Waals surface area contributed by atoms with Crippen molar-refractivity contribution in [2.45, 2.75) is 6.92 Å². The van der Waals surface area contributed by atoms with Gasteiger partial charge in [0, 0.05) is 51.4 Å². The molecule has 0 atom stereocenters. The van der Waals surface area contributed by atoms with E-state index in [1.165, 1.54) is 6.08 Å². The average Bonchev–Trinajstić information content (AvgIpc) is 3.40. The molecule has 1 aromatic heterocycles. The van der Waals surface area contributed by atoms with Gasteiger partial charge in [-0.05, 0) is 30.7 Å². The normalized spacial score (nSPS) is 15.7. The number of amides is 2. The minimum atomic E-state index is -0.150. The maximum Gasteiger partial charge on any atom is 0.276 e. The van der Waals surface area contributed by atoms with E-state index < -0.39 is 0 Å². The Bertz CT molecular complexity index is 953. The van der Waals surface area contributed by atoms with E-state index in [4.69, 9.17) is 14.0 Å². The third-order valence-corrected chi connectivity index (χ3v) is 5.06. The van der Waals surface area contributed by atoms with Crippen LogP contribution in [0, 0.1) is 6.92 Å². The second-order valence-corrected chi connectivity index (χ2v) is 7.19. The number of fused-ring (bicyclic) bond motifs is 1. The summed E-state index contributed by atoms with van der Waals surface area (Å²) in [5.74, 6) is 1.78. The van der Waals surface area contributed by atoms with Gasteiger partial charge in [-0.3, -0.25) is 14.5 Å². The average molecular weight is 449 g/mol. The lowest BCUT2D eigenvalue weighted by Gasteiger charge is -2.34. The smallest absolute Gasteiger partial charge is 0.276 e. The summed E-state index contributed by atoms with van der Waals surface area (Å²) in [7, 11) is 0. The molecule has 9 nitrogen and oxygen atoms in total. The van der Waals surface area contributed by atoms with Crippen LogP contribution in [0.15, 0.2) is 34.9 Å². The lowest BCUT2D eigenvalue weighted by atomic mass is 10.2. The summed E-state index contributed by atoms with van der Waals surface area (Å²) >= 11 is 0. The van der Waals surface area contributed by atoms with Crippen LogP contribution in [0.25, 0.3) is 6.08 Å². The van der Waals surface area contributed by atoms with Gasteiger partial charge in [0.25, 0.3) is 5.91 Å². The van der Waals surface area contributed by atoms with Crippen molar-refractivity contribution in [3.63, 3.8) is 0 Å². The highest BCUT2D eigenvalue weighted by molar-refractivity contribution is 5.92. The molecule has 1 aromatic carbocycles. The molecule has 166 valence electrons. The number of carbonyl (C=O) groups is 2. The Labute approximate surface area is 186 Å². The van der Waals surface area contributed by atoms with E-state index in [-0.39, 0.29) is 31.0 Å². The maximum absolute atomic E-state index is 12.4. The topological polar surface area (TPSA) is 97.1 Å². The molecule has 0 unspecified atom stereocenters. The summed E-state index contributed by atoms with van der Waals surface area (Å²) in [6.07, 6.45) is 3.25. The van der Waals surface area contributed by atoms with E-state index in [1.807, 2.05) is 18.2 Å². The predicted molar refractivity (Wildman–Crippen MR) is 115 cm³/mol. The van der Waals surface area contributed by atoms with Gasteiger partial charge in [-0.15, -0.1) is 12.4 Å². The van der Waals surface area contributed by atoms with Crippen LogP contribution in [-0.4, -0.2) is 72.8 Å². The van der Waals surface area contributed by atoms with Gasteiger partial charge < -0.3 is 24.2 Å². The van der Waals surface area contributed by atoms with Crippen molar-refractivity contribution >= 4 is 30.3 Å². The Morgan fingerprint density at radius 2 is 1.90 bits per heavy atom. The molecule has 1 N–H and O–H groups in total. The van der Waals surface area contributed by atoms with Gasteiger partial charge >= 0.3 is 0 Å². The monoisotopic (exact) mass is 448 g/mol. The van der Waals surface area contributed by atoms with Gasteiger partial charge in [0.05, 0.1) is 0 Å². The first-order valence-electron chi connectivity index (χ1n) is 9.89. The summed E-state index contributed by atoms with van der Waals surface area (Å²) in [5, 5.41) is 6.68. The number of nitrogens with zero attached hydrogens (tertiary/aromatic N) is 3. The fraction of sp³-hybridized carbons (Fsp3) is 0.381. The van der Waals surface area contributed by atoms with Crippen LogP contribution in [0.1, 0.15) is 21.8 Å². The molecule has 10 heteroatoms. The number of aromatic nitrogens is 1. The summed E-state index contributed by atoms with van der Waals surface area (Å²) < 4.78 is 15.6. The largest absolute Gasteiger partial charge is 0.454 e. The Morgan fingerprint density at radius 1 is 1.13 bits per heavy atom. The molecule has 4 rings (SSSR count). The maximum atomic E-state index is 12.4. The minimum absolute atomic E-state index is 0. The quantitative estimate of drug-likeness (QED) is 0.672. The van der Waals surface area contributed by atoms with Crippen molar-refractivity contribution in [2.24, 2.45) is 0 Å². The number of aryl methyl sites for hydroxylation is 1. The first-order valence-corrected chi connectivity index (χ1v) is 9.89. The van der Waals surface area contributed by atoms with Gasteiger partial charge in [-0.1, -0.05) is 11.2 Å². The molecule has 0 bridgehead atoms. The van der Waals surface area contributed by atoms with E-state index >= 15 is 0 Å². The van der Waals surface area contributed by atoms with Gasteiger partial charge in [0.15, 0.2) is 17.2 Å². The summed E-state index contributed by atoms with van der Waals surface area (Å²) in [6.45, 7) is 6.03. The number of hydrogen-bond acceptors (Lipinski definition) is 7. The molecule has 2 aliphatic rings. The van der Waals surface area contributed by atoms with Crippen LogP contribution in [0.3, 0.4) is 0 Å². The number of benzene rings is 1. The number of rotatable bonds is 6. The lowest BCUT2D eigenvalue weighted by Crippen LogP contribution is -2.50. The van der Waals surface area contributed by atoms with Gasteiger partial charge in [0.2, 0.25) is 12.7 Å². The third kappa shape index (κ3) is 5.77. The van der Waals surface area contributed by atoms with Crippen molar-refractivity contribution in [3.05, 3.63) is 47.4 Å². The Morgan fingerprint density at radius 3 is 2.65 bits per heavy atom. The van der Waals surface area contributed by atoms with Crippen LogP contribution >= 0.6 is 12.4 Å². The minimum Gasteiger partial charge on any atom is -0.454 e. The second-order valence-electron chi connectivity index (χ2n) is 7.19. The van der Waals surface area contributed by atoms with E-state index in [2.05, 4.69) is 15.4 Å². The molecule has 0 radical (unpaired) electrons. The zero-order valence-electron chi connectivity index (χ0n) is 17.2. The Hall–Kier alpha value is -3.04. The second kappa shape index (κ2) is 10.3. The zero-order chi connectivity index (χ0) is 20.9. The first kappa shape index (κ1) is 22.6. The molecule has 2 aromatic rings. The number of hydrogen-bond donors (Lipinski definition) is 1. The molecule has 3 heterocycles. The lowest BCUT2D eigenvalue weighted by molar-refractivity contribution is -0.116. The summed E-state index contributed by atoms with van der Waals surface area (Å²) in [5.41, 5.74) is 1.22. The molecule has 2 aliphatic heterocycles. The standard InChI is InChI=1S/C21H24N4O5.ClH/c1-15-12-17(23-30-15)21(27)25-10-8-24(9-11-25)7-6-22-20(26)5-3-16-2-4-18-19(13-16)29-14-28-18;/h2-5,12-13H,6-11,14H2,1H3,(H,22,26);1H. The van der Waals surface area contributed by atoms with Crippen LogP contribution < -0.4 is 14.8 Å². The van der Waals surface area contributed by atoms with Crippen molar-refractivity contribution in [1.29, 1.82) is 0 Å². The zero-order valence-corrected chi connectivity index (χ0v) is 18.0. The molecule has 0 saturated carbocycles. The van der Waals surface area contributed by atoms with E-state index in [0.29, 0.717) is 36.8 Å². The van der Waals surface area contributed by atoms with Crippen LogP contribution in [0.2, 0.25) is 0 Å². The van der Waals surface area contributed by atoms with Crippen molar-refractivity contribution in [3.8, 4) is 11.5 Å².